The van der Waals surface area contributed by atoms with Crippen molar-refractivity contribution in [2.45, 2.75) is 32.9 Å². The van der Waals surface area contributed by atoms with Crippen molar-refractivity contribution in [3.63, 3.8) is 0 Å². The van der Waals surface area contributed by atoms with Gasteiger partial charge in [-0.25, -0.2) is 0 Å². The quantitative estimate of drug-likeness (QED) is 0.335. The third kappa shape index (κ3) is 6.30. The third-order valence-electron chi connectivity index (χ3n) is 6.20. The van der Waals surface area contributed by atoms with E-state index in [0.717, 1.165) is 27.5 Å². The predicted octanol–water partition coefficient (Wildman–Crippen LogP) is 5.30. The number of likely N-dealkylation sites (N-methyl/N-ethyl adjacent to an activating group) is 1. The van der Waals surface area contributed by atoms with Gasteiger partial charge in [-0.1, -0.05) is 96.6 Å². The molecule has 1 N–H and O–H groups in total. The number of nitrogens with zero attached hydrogens (tertiary/aromatic N) is 1. The fourth-order valence-electron chi connectivity index (χ4n) is 4.28. The Morgan fingerprint density at radius 1 is 0.833 bits per heavy atom. The van der Waals surface area contributed by atoms with E-state index in [-0.39, 0.29) is 18.4 Å². The maximum atomic E-state index is 13.7. The Balaban J connectivity index is 1.62. The normalized spacial score (nSPS) is 11.6. The van der Waals surface area contributed by atoms with Crippen LogP contribution in [-0.2, 0) is 22.6 Å². The summed E-state index contributed by atoms with van der Waals surface area (Å²) in [7, 11) is 0. The average molecular weight is 481 g/mol. The number of aryl methyl sites for hydroxylation is 1. The van der Waals surface area contributed by atoms with E-state index >= 15 is 0 Å². The molecule has 0 aromatic heterocycles. The second-order valence-corrected chi connectivity index (χ2v) is 8.87. The molecule has 184 valence electrons. The molecule has 0 aliphatic heterocycles. The first-order valence-electron chi connectivity index (χ1n) is 12.3. The molecule has 5 nitrogen and oxygen atoms in total. The highest BCUT2D eigenvalue weighted by Gasteiger charge is 2.30. The van der Waals surface area contributed by atoms with Crippen LogP contribution >= 0.6 is 0 Å². The molecular weight excluding hydrogens is 448 g/mol. The van der Waals surface area contributed by atoms with E-state index in [1.54, 1.807) is 4.90 Å². The van der Waals surface area contributed by atoms with Crippen LogP contribution in [0.1, 0.15) is 23.6 Å². The monoisotopic (exact) mass is 480 g/mol. The molecule has 1 atom stereocenters. The molecule has 0 spiro atoms. The number of hydrogen-bond acceptors (Lipinski definition) is 3. The zero-order chi connectivity index (χ0) is 25.3. The topological polar surface area (TPSA) is 58.6 Å². The van der Waals surface area contributed by atoms with Gasteiger partial charge in [-0.2, -0.15) is 0 Å². The molecular formula is C31H32N2O3. The van der Waals surface area contributed by atoms with Crippen molar-refractivity contribution in [2.75, 3.05) is 13.2 Å². The summed E-state index contributed by atoms with van der Waals surface area (Å²) in [4.78, 5) is 28.6. The Kier molecular flexibility index (Phi) is 8.35. The standard InChI is InChI=1S/C31H32N2O3/c1-3-32-31(35)28(20-24-10-5-4-6-11-24)33(21-25-18-16-23(2)17-19-25)30(34)22-36-29-15-9-13-26-12-7-8-14-27(26)29/h4-19,28H,3,20-22H2,1-2H3,(H,32,35)/t28-/m0/s1. The smallest absolute Gasteiger partial charge is 0.261 e. The second-order valence-electron chi connectivity index (χ2n) is 8.87. The van der Waals surface area contributed by atoms with Crippen LogP contribution < -0.4 is 10.1 Å². The van der Waals surface area contributed by atoms with Gasteiger partial charge in [-0.3, -0.25) is 9.59 Å². The molecule has 0 saturated heterocycles. The number of carbonyl (C=O) groups is 2. The van der Waals surface area contributed by atoms with E-state index in [0.29, 0.717) is 25.3 Å². The van der Waals surface area contributed by atoms with E-state index in [2.05, 4.69) is 5.32 Å². The van der Waals surface area contributed by atoms with Crippen LogP contribution in [0.4, 0.5) is 0 Å². The van der Waals surface area contributed by atoms with E-state index in [1.165, 1.54) is 0 Å². The van der Waals surface area contributed by atoms with Crippen molar-refractivity contribution < 1.29 is 14.3 Å². The molecule has 0 bridgehead atoms. The Morgan fingerprint density at radius 2 is 1.53 bits per heavy atom. The average Bonchev–Trinajstić information content (AvgIpc) is 2.91. The largest absolute Gasteiger partial charge is 0.483 e. The summed E-state index contributed by atoms with van der Waals surface area (Å²) in [5, 5.41) is 4.91. The van der Waals surface area contributed by atoms with Crippen LogP contribution in [0.25, 0.3) is 10.8 Å². The SMILES string of the molecule is CCNC(=O)[C@H](Cc1ccccc1)N(Cc1ccc(C)cc1)C(=O)COc1cccc2ccccc12. The van der Waals surface area contributed by atoms with Gasteiger partial charge >= 0.3 is 0 Å². The van der Waals surface area contributed by atoms with Gasteiger partial charge in [-0.05, 0) is 36.4 Å². The van der Waals surface area contributed by atoms with E-state index < -0.39 is 6.04 Å². The number of benzene rings is 4. The first-order valence-corrected chi connectivity index (χ1v) is 12.3. The molecule has 36 heavy (non-hydrogen) atoms. The van der Waals surface area contributed by atoms with Crippen molar-refractivity contribution in [3.8, 4) is 5.75 Å². The van der Waals surface area contributed by atoms with Crippen LogP contribution in [0.15, 0.2) is 97.1 Å². The number of fused-ring (bicyclic) bond motifs is 1. The molecule has 4 aromatic rings. The molecule has 0 aliphatic rings. The first kappa shape index (κ1) is 25.0. The molecule has 0 unspecified atom stereocenters. The van der Waals surface area contributed by atoms with Crippen LogP contribution in [0, 0.1) is 6.92 Å². The van der Waals surface area contributed by atoms with Gasteiger partial charge in [0.05, 0.1) is 0 Å². The molecule has 0 saturated carbocycles. The highest BCUT2D eigenvalue weighted by molar-refractivity contribution is 5.90. The third-order valence-corrected chi connectivity index (χ3v) is 6.20. The number of ether oxygens (including phenoxy) is 1. The van der Waals surface area contributed by atoms with E-state index in [9.17, 15) is 9.59 Å². The number of carbonyl (C=O) groups excluding carboxylic acids is 2. The number of nitrogens with one attached hydrogen (secondary N) is 1. The van der Waals surface area contributed by atoms with Gasteiger partial charge in [0.15, 0.2) is 6.61 Å². The lowest BCUT2D eigenvalue weighted by Gasteiger charge is -2.31. The summed E-state index contributed by atoms with van der Waals surface area (Å²) in [6.45, 7) is 4.55. The van der Waals surface area contributed by atoms with Gasteiger partial charge in [0.1, 0.15) is 11.8 Å². The summed E-state index contributed by atoms with van der Waals surface area (Å²) >= 11 is 0. The van der Waals surface area contributed by atoms with Gasteiger partial charge in [-0.15, -0.1) is 0 Å². The van der Waals surface area contributed by atoms with Gasteiger partial charge < -0.3 is 15.0 Å². The van der Waals surface area contributed by atoms with Crippen LogP contribution in [0.2, 0.25) is 0 Å². The highest BCUT2D eigenvalue weighted by Crippen LogP contribution is 2.25. The van der Waals surface area contributed by atoms with Gasteiger partial charge in [0, 0.05) is 24.9 Å². The molecule has 5 heteroatoms. The minimum atomic E-state index is -0.669. The minimum Gasteiger partial charge on any atom is -0.483 e. The van der Waals surface area contributed by atoms with Crippen molar-refractivity contribution in [3.05, 3.63) is 114 Å². The summed E-state index contributed by atoms with van der Waals surface area (Å²) in [6, 6.07) is 30.9. The fourth-order valence-corrected chi connectivity index (χ4v) is 4.28. The molecule has 4 rings (SSSR count). The maximum absolute atomic E-state index is 13.7. The zero-order valence-electron chi connectivity index (χ0n) is 20.8. The zero-order valence-corrected chi connectivity index (χ0v) is 20.8. The molecule has 0 heterocycles. The Bertz CT molecular complexity index is 1300. The van der Waals surface area contributed by atoms with Gasteiger partial charge in [0.25, 0.3) is 5.91 Å². The summed E-state index contributed by atoms with van der Waals surface area (Å²) in [5.41, 5.74) is 3.09. The van der Waals surface area contributed by atoms with Crippen molar-refractivity contribution in [2.24, 2.45) is 0 Å². The lowest BCUT2D eigenvalue weighted by molar-refractivity contribution is -0.142. The van der Waals surface area contributed by atoms with Crippen molar-refractivity contribution >= 4 is 22.6 Å². The number of rotatable bonds is 10. The summed E-state index contributed by atoms with van der Waals surface area (Å²) in [5.74, 6) is 0.233. The molecule has 0 fully saturated rings. The number of hydrogen-bond donors (Lipinski definition) is 1. The Hall–Kier alpha value is -4.12. The van der Waals surface area contributed by atoms with Crippen LogP contribution in [-0.4, -0.2) is 35.9 Å². The maximum Gasteiger partial charge on any atom is 0.261 e. The molecule has 4 aromatic carbocycles. The fraction of sp³-hybridized carbons (Fsp3) is 0.226. The Morgan fingerprint density at radius 3 is 2.28 bits per heavy atom. The molecule has 0 aliphatic carbocycles. The highest BCUT2D eigenvalue weighted by atomic mass is 16.5. The van der Waals surface area contributed by atoms with Crippen molar-refractivity contribution in [1.29, 1.82) is 0 Å². The van der Waals surface area contributed by atoms with E-state index in [4.69, 9.17) is 4.74 Å². The number of amides is 2. The van der Waals surface area contributed by atoms with Gasteiger partial charge in [0.2, 0.25) is 5.91 Å². The van der Waals surface area contributed by atoms with Crippen LogP contribution in [0.3, 0.4) is 0 Å². The molecule has 0 radical (unpaired) electrons. The lowest BCUT2D eigenvalue weighted by Crippen LogP contribution is -2.51. The first-order chi connectivity index (χ1) is 17.5. The second kappa shape index (κ2) is 12.0. The van der Waals surface area contributed by atoms with Crippen molar-refractivity contribution in [1.82, 2.24) is 10.2 Å². The lowest BCUT2D eigenvalue weighted by atomic mass is 10.0. The van der Waals surface area contributed by atoms with Crippen LogP contribution in [0.5, 0.6) is 5.75 Å². The summed E-state index contributed by atoms with van der Waals surface area (Å²) in [6.07, 6.45) is 0.415. The summed E-state index contributed by atoms with van der Waals surface area (Å²) < 4.78 is 6.04. The predicted molar refractivity (Wildman–Crippen MR) is 144 cm³/mol. The minimum absolute atomic E-state index is 0.162. The van der Waals surface area contributed by atoms with E-state index in [1.807, 2.05) is 111 Å². The Labute approximate surface area is 212 Å². The molecule has 2 amide bonds.